The molecule has 0 unspecified atom stereocenters. The number of rotatable bonds is 19. The van der Waals surface area contributed by atoms with Crippen LogP contribution in [0.5, 0.6) is 5.75 Å². The molecule has 4 atom stereocenters. The van der Waals surface area contributed by atoms with Crippen LogP contribution >= 0.6 is 0 Å². The van der Waals surface area contributed by atoms with Gasteiger partial charge in [0.2, 0.25) is 23.6 Å². The molecule has 2 aromatic rings. The highest BCUT2D eigenvalue weighted by atomic mass is 16.3. The van der Waals surface area contributed by atoms with E-state index in [2.05, 4.69) is 20.9 Å². The van der Waals surface area contributed by atoms with Crippen molar-refractivity contribution in [2.24, 2.45) is 33.7 Å². The van der Waals surface area contributed by atoms with Crippen LogP contribution in [0.15, 0.2) is 47.5 Å². The third kappa shape index (κ3) is 12.7. The van der Waals surface area contributed by atoms with Gasteiger partial charge < -0.3 is 49.7 Å². The molecule has 2 aromatic carbocycles. The summed E-state index contributed by atoms with van der Waals surface area (Å²) in [4.78, 5) is 56.7. The summed E-state index contributed by atoms with van der Waals surface area (Å²) < 4.78 is 0. The van der Waals surface area contributed by atoms with Crippen molar-refractivity contribution in [2.45, 2.75) is 83.0 Å². The molecule has 0 spiro atoms. The predicted octanol–water partition coefficient (Wildman–Crippen LogP) is -0.756. The van der Waals surface area contributed by atoms with E-state index in [0.29, 0.717) is 32.2 Å². The summed E-state index contributed by atoms with van der Waals surface area (Å²) in [7, 11) is 0. The molecule has 0 aliphatic rings. The second-order valence-electron chi connectivity index (χ2n) is 11.4. The predicted molar refractivity (Wildman–Crippen MR) is 177 cm³/mol. The Hall–Kier alpha value is -4.69. The van der Waals surface area contributed by atoms with Gasteiger partial charge in [-0.2, -0.15) is 0 Å². The minimum atomic E-state index is -1.13. The Morgan fingerprint density at radius 1 is 0.783 bits per heavy atom. The van der Waals surface area contributed by atoms with Crippen LogP contribution in [0.25, 0.3) is 0 Å². The molecule has 14 nitrogen and oxygen atoms in total. The number of hydrogen-bond acceptors (Lipinski definition) is 8. The lowest BCUT2D eigenvalue weighted by Gasteiger charge is -2.26. The Balaban J connectivity index is 2.30. The van der Waals surface area contributed by atoms with E-state index in [9.17, 15) is 24.3 Å². The molecule has 46 heavy (non-hydrogen) atoms. The van der Waals surface area contributed by atoms with Gasteiger partial charge in [-0.1, -0.05) is 36.8 Å². The molecule has 14 heteroatoms. The number of aryl methyl sites for hydroxylation is 2. The summed E-state index contributed by atoms with van der Waals surface area (Å²) in [6.07, 6.45) is 2.42. The number of amides is 4. The maximum Gasteiger partial charge on any atom is 0.243 e. The SMILES string of the molecule is Cc1cc(O)cc(C)c1C[C@H](NC(=O)[C@H](Cc1ccccc1)NC(=O)[C@@H](CCCN=C(N)N)NC(=O)[C@@H](N)CCCCN)C(N)=O. The number of phenolic OH excluding ortho intramolecular Hbond substituents is 1. The number of nitrogens with two attached hydrogens (primary N) is 5. The van der Waals surface area contributed by atoms with Gasteiger partial charge in [-0.15, -0.1) is 0 Å². The van der Waals surface area contributed by atoms with Crippen LogP contribution in [0.3, 0.4) is 0 Å². The van der Waals surface area contributed by atoms with Gasteiger partial charge in [0.1, 0.15) is 23.9 Å². The molecule has 0 fully saturated rings. The first-order valence-electron chi connectivity index (χ1n) is 15.4. The number of guanidine groups is 1. The van der Waals surface area contributed by atoms with Crippen molar-refractivity contribution in [1.82, 2.24) is 16.0 Å². The molecule has 0 aliphatic heterocycles. The molecule has 252 valence electrons. The van der Waals surface area contributed by atoms with Gasteiger partial charge in [0, 0.05) is 19.4 Å². The lowest BCUT2D eigenvalue weighted by Crippen LogP contribution is -2.58. The van der Waals surface area contributed by atoms with E-state index in [1.165, 1.54) is 0 Å². The molecule has 0 bridgehead atoms. The van der Waals surface area contributed by atoms with Gasteiger partial charge in [0.15, 0.2) is 5.96 Å². The highest BCUT2D eigenvalue weighted by Gasteiger charge is 2.30. The first kappa shape index (κ1) is 37.5. The van der Waals surface area contributed by atoms with E-state index in [1.54, 1.807) is 50.2 Å². The number of benzene rings is 2. The number of aromatic hydroxyl groups is 1. The molecule has 14 N–H and O–H groups in total. The largest absolute Gasteiger partial charge is 0.508 e. The second kappa shape index (κ2) is 19.0. The third-order valence-corrected chi connectivity index (χ3v) is 7.55. The van der Waals surface area contributed by atoms with E-state index in [-0.39, 0.29) is 37.5 Å². The number of nitrogens with one attached hydrogen (secondary N) is 3. The van der Waals surface area contributed by atoms with Crippen molar-refractivity contribution in [3.05, 3.63) is 64.7 Å². The Kier molecular flexibility index (Phi) is 15.5. The van der Waals surface area contributed by atoms with Crippen LogP contribution < -0.4 is 44.6 Å². The molecule has 0 saturated carbocycles. The Bertz CT molecular complexity index is 1330. The van der Waals surface area contributed by atoms with Crippen LogP contribution in [0, 0.1) is 13.8 Å². The number of phenols is 1. The number of nitrogens with zero attached hydrogens (tertiary/aromatic N) is 1. The Morgan fingerprint density at radius 2 is 1.37 bits per heavy atom. The van der Waals surface area contributed by atoms with Gasteiger partial charge in [-0.25, -0.2) is 0 Å². The van der Waals surface area contributed by atoms with Gasteiger partial charge in [0.25, 0.3) is 0 Å². The summed E-state index contributed by atoms with van der Waals surface area (Å²) in [5, 5.41) is 18.1. The molecule has 0 saturated heterocycles. The lowest BCUT2D eigenvalue weighted by atomic mass is 9.95. The van der Waals surface area contributed by atoms with E-state index >= 15 is 0 Å². The zero-order valence-corrected chi connectivity index (χ0v) is 26.6. The maximum absolute atomic E-state index is 13.7. The third-order valence-electron chi connectivity index (χ3n) is 7.55. The average molecular weight is 640 g/mol. The standard InChI is InChI=1S/C32H49N9O5/c1-19-15-22(42)16-20(2)23(19)18-26(28(35)43)40-31(46)27(17-21-9-4-3-5-10-21)41-30(45)25(12-8-14-38-32(36)37)39-29(44)24(34)11-6-7-13-33/h3-5,9-10,15-16,24-27,42H,6-8,11-14,17-18,33-34H2,1-2H3,(H2,35,43)(H,39,44)(H,40,46)(H,41,45)(H4,36,37,38)/t24-,25+,26-,27-/m0/s1. The van der Waals surface area contributed by atoms with E-state index in [4.69, 9.17) is 28.7 Å². The molecular weight excluding hydrogens is 590 g/mol. The van der Waals surface area contributed by atoms with Gasteiger partial charge in [0.05, 0.1) is 6.04 Å². The summed E-state index contributed by atoms with van der Waals surface area (Å²) in [6, 6.07) is 8.00. The number of hydrogen-bond donors (Lipinski definition) is 9. The minimum Gasteiger partial charge on any atom is -0.508 e. The molecule has 4 amide bonds. The fraction of sp³-hybridized carbons (Fsp3) is 0.469. The Labute approximate surface area is 269 Å². The van der Waals surface area contributed by atoms with Crippen molar-refractivity contribution in [2.75, 3.05) is 13.1 Å². The highest BCUT2D eigenvalue weighted by molar-refractivity contribution is 5.94. The summed E-state index contributed by atoms with van der Waals surface area (Å²) >= 11 is 0. The van der Waals surface area contributed by atoms with Crippen molar-refractivity contribution in [1.29, 1.82) is 0 Å². The van der Waals surface area contributed by atoms with Crippen molar-refractivity contribution >= 4 is 29.6 Å². The van der Waals surface area contributed by atoms with Crippen LogP contribution in [-0.2, 0) is 32.0 Å². The van der Waals surface area contributed by atoms with Crippen molar-refractivity contribution in [3.8, 4) is 5.75 Å². The Morgan fingerprint density at radius 3 is 1.96 bits per heavy atom. The molecular formula is C32H49N9O5. The molecule has 2 rings (SSSR count). The highest BCUT2D eigenvalue weighted by Crippen LogP contribution is 2.22. The normalized spacial score (nSPS) is 13.5. The second-order valence-corrected chi connectivity index (χ2v) is 11.4. The summed E-state index contributed by atoms with van der Waals surface area (Å²) in [5.41, 5.74) is 31.1. The van der Waals surface area contributed by atoms with Gasteiger partial charge in [-0.3, -0.25) is 24.2 Å². The van der Waals surface area contributed by atoms with Gasteiger partial charge >= 0.3 is 0 Å². The van der Waals surface area contributed by atoms with Crippen LogP contribution in [0.4, 0.5) is 0 Å². The molecule has 0 radical (unpaired) electrons. The topological polar surface area (TPSA) is 267 Å². The zero-order valence-electron chi connectivity index (χ0n) is 26.6. The fourth-order valence-electron chi connectivity index (χ4n) is 5.01. The monoisotopic (exact) mass is 639 g/mol. The quantitative estimate of drug-likeness (QED) is 0.0530. The number of aliphatic imine (C=N–C) groups is 1. The molecule has 0 heterocycles. The zero-order chi connectivity index (χ0) is 34.2. The average Bonchev–Trinajstić information content (AvgIpc) is 2.99. The van der Waals surface area contributed by atoms with E-state index < -0.39 is 47.8 Å². The van der Waals surface area contributed by atoms with Gasteiger partial charge in [-0.05, 0) is 80.5 Å². The van der Waals surface area contributed by atoms with E-state index in [0.717, 1.165) is 22.3 Å². The number of carbonyl (C=O) groups excluding carboxylic acids is 4. The first-order valence-corrected chi connectivity index (χ1v) is 15.4. The molecule has 0 aliphatic carbocycles. The fourth-order valence-corrected chi connectivity index (χ4v) is 5.01. The van der Waals surface area contributed by atoms with E-state index in [1.807, 2.05) is 6.07 Å². The van der Waals surface area contributed by atoms with Crippen molar-refractivity contribution < 1.29 is 24.3 Å². The number of unbranched alkanes of at least 4 members (excludes halogenated alkanes) is 1. The van der Waals surface area contributed by atoms with Crippen LogP contribution in [0.2, 0.25) is 0 Å². The van der Waals surface area contributed by atoms with Crippen LogP contribution in [0.1, 0.15) is 54.4 Å². The van der Waals surface area contributed by atoms with Crippen molar-refractivity contribution in [3.63, 3.8) is 0 Å². The minimum absolute atomic E-state index is 0.0799. The summed E-state index contributed by atoms with van der Waals surface area (Å²) in [5.74, 6) is -2.56. The first-order chi connectivity index (χ1) is 21.8. The number of carbonyl (C=O) groups is 4. The smallest absolute Gasteiger partial charge is 0.243 e. The number of primary amides is 1. The van der Waals surface area contributed by atoms with Crippen LogP contribution in [-0.4, -0.2) is 72.0 Å². The summed E-state index contributed by atoms with van der Waals surface area (Å²) in [6.45, 7) is 4.26. The maximum atomic E-state index is 13.7. The molecule has 0 aromatic heterocycles. The lowest BCUT2D eigenvalue weighted by molar-refractivity contribution is -0.133.